The van der Waals surface area contributed by atoms with Gasteiger partial charge in [0.2, 0.25) is 11.8 Å². The minimum Gasteiger partial charge on any atom is -0.478 e. The second-order valence-electron chi connectivity index (χ2n) is 6.98. The molecule has 1 N–H and O–H groups in total. The normalized spacial score (nSPS) is 18.7. The lowest BCUT2D eigenvalue weighted by Gasteiger charge is -2.20. The molecule has 0 saturated carbocycles. The number of hydrogen-bond acceptors (Lipinski definition) is 4. The number of fused-ring (bicyclic) bond motifs is 1. The van der Waals surface area contributed by atoms with Crippen LogP contribution < -0.4 is 0 Å². The lowest BCUT2D eigenvalue weighted by molar-refractivity contribution is -0.136. The molecule has 7 nitrogen and oxygen atoms in total. The molecule has 3 heterocycles. The number of amides is 2. The van der Waals surface area contributed by atoms with E-state index in [9.17, 15) is 14.4 Å². The first-order valence-electron chi connectivity index (χ1n) is 8.83. The molecule has 0 bridgehead atoms. The van der Waals surface area contributed by atoms with Crippen LogP contribution in [-0.4, -0.2) is 44.2 Å². The molecule has 1 aromatic heterocycles. The molecule has 1 atom stereocenters. The fourth-order valence-electron chi connectivity index (χ4n) is 3.72. The van der Waals surface area contributed by atoms with Crippen molar-refractivity contribution >= 4 is 17.8 Å². The Kier molecular flexibility index (Phi) is 4.35. The second-order valence-corrected chi connectivity index (χ2v) is 6.98. The summed E-state index contributed by atoms with van der Waals surface area (Å²) in [7, 11) is 0. The van der Waals surface area contributed by atoms with Crippen molar-refractivity contribution in [3.8, 4) is 0 Å². The molecule has 7 heteroatoms. The number of carboxylic acids is 1. The lowest BCUT2D eigenvalue weighted by atomic mass is 10.1. The number of benzene rings is 1. The maximum absolute atomic E-state index is 12.9. The van der Waals surface area contributed by atoms with E-state index in [4.69, 9.17) is 5.11 Å². The highest BCUT2D eigenvalue weighted by molar-refractivity contribution is 5.90. The largest absolute Gasteiger partial charge is 0.478 e. The van der Waals surface area contributed by atoms with Crippen molar-refractivity contribution < 1.29 is 19.5 Å². The van der Waals surface area contributed by atoms with Gasteiger partial charge in [-0.2, -0.15) is 0 Å². The van der Waals surface area contributed by atoms with Gasteiger partial charge in [0.25, 0.3) is 0 Å². The molecule has 2 aliphatic heterocycles. The van der Waals surface area contributed by atoms with Crippen LogP contribution >= 0.6 is 0 Å². The van der Waals surface area contributed by atoms with Crippen molar-refractivity contribution in [3.63, 3.8) is 0 Å². The van der Waals surface area contributed by atoms with Gasteiger partial charge in [-0.3, -0.25) is 14.6 Å². The van der Waals surface area contributed by atoms with Gasteiger partial charge < -0.3 is 14.9 Å². The first-order chi connectivity index (χ1) is 13.0. The molecule has 138 valence electrons. The number of pyridine rings is 1. The summed E-state index contributed by atoms with van der Waals surface area (Å²) >= 11 is 0. The number of carboxylic acid groups (broad SMARTS) is 1. The number of rotatable bonds is 4. The summed E-state index contributed by atoms with van der Waals surface area (Å²) in [6.07, 6.45) is 1.89. The monoisotopic (exact) mass is 365 g/mol. The van der Waals surface area contributed by atoms with E-state index in [1.54, 1.807) is 34.2 Å². The fourth-order valence-corrected chi connectivity index (χ4v) is 3.72. The zero-order chi connectivity index (χ0) is 19.0. The predicted molar refractivity (Wildman–Crippen MR) is 95.4 cm³/mol. The summed E-state index contributed by atoms with van der Waals surface area (Å²) in [5.74, 6) is -1.44. The second kappa shape index (κ2) is 6.83. The Bertz CT molecular complexity index is 913. The first kappa shape index (κ1) is 17.2. The molecule has 27 heavy (non-hydrogen) atoms. The van der Waals surface area contributed by atoms with E-state index in [0.717, 1.165) is 16.8 Å². The Hall–Kier alpha value is -3.22. The minimum atomic E-state index is -0.978. The molecule has 0 aliphatic carbocycles. The van der Waals surface area contributed by atoms with Crippen molar-refractivity contribution in [1.29, 1.82) is 0 Å². The van der Waals surface area contributed by atoms with E-state index in [1.165, 1.54) is 0 Å². The summed E-state index contributed by atoms with van der Waals surface area (Å²) in [6, 6.07) is 10.5. The van der Waals surface area contributed by atoms with Gasteiger partial charge >= 0.3 is 5.97 Å². The van der Waals surface area contributed by atoms with Crippen LogP contribution in [0.5, 0.6) is 0 Å². The van der Waals surface area contributed by atoms with Gasteiger partial charge in [0.15, 0.2) is 0 Å². The van der Waals surface area contributed by atoms with Gasteiger partial charge in [0.05, 0.1) is 23.7 Å². The highest BCUT2D eigenvalue weighted by Gasteiger charge is 2.38. The zero-order valence-corrected chi connectivity index (χ0v) is 14.7. The number of aromatic carboxylic acids is 1. The molecular formula is C20H19N3O4. The molecule has 1 saturated heterocycles. The van der Waals surface area contributed by atoms with E-state index >= 15 is 0 Å². The molecule has 2 amide bonds. The Balaban J connectivity index is 1.42. The molecule has 2 aliphatic rings. The quantitative estimate of drug-likeness (QED) is 0.890. The number of aromatic nitrogens is 1. The Labute approximate surface area is 156 Å². The molecule has 1 unspecified atom stereocenters. The molecule has 4 rings (SSSR count). The van der Waals surface area contributed by atoms with Gasteiger partial charge in [-0.25, -0.2) is 4.79 Å². The minimum absolute atomic E-state index is 0.0381. The van der Waals surface area contributed by atoms with Crippen molar-refractivity contribution in [1.82, 2.24) is 14.8 Å². The Morgan fingerprint density at radius 3 is 2.70 bits per heavy atom. The average molecular weight is 365 g/mol. The van der Waals surface area contributed by atoms with E-state index in [-0.39, 0.29) is 29.7 Å². The van der Waals surface area contributed by atoms with E-state index in [0.29, 0.717) is 26.2 Å². The number of carbonyl (C=O) groups excluding carboxylic acids is 2. The SMILES string of the molecule is O=C(O)c1ccc2c(c1)CN(C(=O)C1CC(=O)N(Cc3ccccn3)C1)C2. The molecule has 0 radical (unpaired) electrons. The smallest absolute Gasteiger partial charge is 0.335 e. The van der Waals surface area contributed by atoms with Crippen LogP contribution in [0.15, 0.2) is 42.6 Å². The highest BCUT2D eigenvalue weighted by Crippen LogP contribution is 2.28. The van der Waals surface area contributed by atoms with Crippen LogP contribution in [0.3, 0.4) is 0 Å². The van der Waals surface area contributed by atoms with Crippen LogP contribution in [0.2, 0.25) is 0 Å². The number of carbonyl (C=O) groups is 3. The predicted octanol–water partition coefficient (Wildman–Crippen LogP) is 1.67. The third-order valence-electron chi connectivity index (χ3n) is 5.13. The van der Waals surface area contributed by atoms with Gasteiger partial charge in [-0.15, -0.1) is 0 Å². The van der Waals surface area contributed by atoms with Gasteiger partial charge in [-0.05, 0) is 35.4 Å². The number of likely N-dealkylation sites (tertiary alicyclic amines) is 1. The van der Waals surface area contributed by atoms with Crippen molar-refractivity contribution in [2.75, 3.05) is 6.54 Å². The van der Waals surface area contributed by atoms with E-state index in [1.807, 2.05) is 18.2 Å². The van der Waals surface area contributed by atoms with Crippen LogP contribution in [0.1, 0.15) is 33.6 Å². The summed E-state index contributed by atoms with van der Waals surface area (Å²) in [6.45, 7) is 1.65. The van der Waals surface area contributed by atoms with Crippen molar-refractivity contribution in [2.45, 2.75) is 26.1 Å². The fraction of sp³-hybridized carbons (Fsp3) is 0.300. The molecule has 1 aromatic carbocycles. The van der Waals surface area contributed by atoms with Crippen molar-refractivity contribution in [2.24, 2.45) is 5.92 Å². The van der Waals surface area contributed by atoms with Gasteiger partial charge in [0, 0.05) is 32.3 Å². The van der Waals surface area contributed by atoms with Crippen LogP contribution in [0.25, 0.3) is 0 Å². The van der Waals surface area contributed by atoms with Crippen LogP contribution in [0, 0.1) is 5.92 Å². The molecule has 0 spiro atoms. The Morgan fingerprint density at radius 1 is 1.15 bits per heavy atom. The average Bonchev–Trinajstić information content (AvgIpc) is 3.25. The Morgan fingerprint density at radius 2 is 1.96 bits per heavy atom. The van der Waals surface area contributed by atoms with Crippen LogP contribution in [0.4, 0.5) is 0 Å². The van der Waals surface area contributed by atoms with Crippen molar-refractivity contribution in [3.05, 3.63) is 65.0 Å². The van der Waals surface area contributed by atoms with E-state index in [2.05, 4.69) is 4.98 Å². The van der Waals surface area contributed by atoms with E-state index < -0.39 is 5.97 Å². The number of hydrogen-bond donors (Lipinski definition) is 1. The molecular weight excluding hydrogens is 346 g/mol. The van der Waals surface area contributed by atoms with Crippen LogP contribution in [-0.2, 0) is 29.2 Å². The van der Waals surface area contributed by atoms with Gasteiger partial charge in [-0.1, -0.05) is 12.1 Å². The first-order valence-corrected chi connectivity index (χ1v) is 8.83. The maximum Gasteiger partial charge on any atom is 0.335 e. The third-order valence-corrected chi connectivity index (χ3v) is 5.13. The maximum atomic E-state index is 12.9. The summed E-state index contributed by atoms with van der Waals surface area (Å²) in [5, 5.41) is 9.11. The topological polar surface area (TPSA) is 90.8 Å². The standard InChI is InChI=1S/C20H19N3O4/c24-18-8-16(11-22(18)12-17-3-1-2-6-21-17)19(25)23-9-14-5-4-13(20(26)27)7-15(14)10-23/h1-7,16H,8-12H2,(H,26,27). The summed E-state index contributed by atoms with van der Waals surface area (Å²) < 4.78 is 0. The number of nitrogens with zero attached hydrogens (tertiary/aromatic N) is 3. The summed E-state index contributed by atoms with van der Waals surface area (Å²) in [4.78, 5) is 43.9. The lowest BCUT2D eigenvalue weighted by Crippen LogP contribution is -2.33. The van der Waals surface area contributed by atoms with Gasteiger partial charge in [0.1, 0.15) is 0 Å². The highest BCUT2D eigenvalue weighted by atomic mass is 16.4. The third kappa shape index (κ3) is 3.40. The molecule has 1 fully saturated rings. The zero-order valence-electron chi connectivity index (χ0n) is 14.7. The molecule has 2 aromatic rings. The summed E-state index contributed by atoms with van der Waals surface area (Å²) in [5.41, 5.74) is 2.84.